The van der Waals surface area contributed by atoms with Crippen LogP contribution in [0.3, 0.4) is 0 Å². The van der Waals surface area contributed by atoms with Gasteiger partial charge in [-0.3, -0.25) is 29.4 Å². The molecule has 27 heavy (non-hydrogen) atoms. The van der Waals surface area contributed by atoms with Crippen LogP contribution in [0.4, 0.5) is 0 Å². The van der Waals surface area contributed by atoms with E-state index in [0.717, 1.165) is 11.4 Å². The molecule has 2 aliphatic rings. The Bertz CT molecular complexity index is 778. The lowest BCUT2D eigenvalue weighted by atomic mass is 10.0. The first-order chi connectivity index (χ1) is 13.0. The molecule has 2 heterocycles. The molecule has 3 rings (SSSR count). The zero-order valence-corrected chi connectivity index (χ0v) is 14.9. The molecule has 0 bridgehead atoms. The van der Waals surface area contributed by atoms with Gasteiger partial charge in [0.05, 0.1) is 24.3 Å². The van der Waals surface area contributed by atoms with E-state index in [1.54, 1.807) is 6.07 Å². The first-order valence-corrected chi connectivity index (χ1v) is 8.73. The van der Waals surface area contributed by atoms with E-state index in [1.165, 1.54) is 12.1 Å². The minimum Gasteiger partial charge on any atom is -0.491 e. The van der Waals surface area contributed by atoms with Crippen LogP contribution in [0.2, 0.25) is 0 Å². The normalized spacial score (nSPS) is 19.3. The van der Waals surface area contributed by atoms with Gasteiger partial charge in [-0.15, -0.1) is 0 Å². The minimum atomic E-state index is -0.972. The highest BCUT2D eigenvalue weighted by Gasteiger charge is 2.44. The van der Waals surface area contributed by atoms with Gasteiger partial charge >= 0.3 is 0 Å². The lowest BCUT2D eigenvalue weighted by Gasteiger charge is -2.27. The number of likely N-dealkylation sites (N-methyl/N-ethyl adjacent to an activating group) is 1. The second kappa shape index (κ2) is 8.28. The quantitative estimate of drug-likeness (QED) is 0.474. The first kappa shape index (κ1) is 19.0. The summed E-state index contributed by atoms with van der Waals surface area (Å²) in [5, 5.41) is 5.13. The lowest BCUT2D eigenvalue weighted by Crippen LogP contribution is -2.54. The summed E-state index contributed by atoms with van der Waals surface area (Å²) in [4.78, 5) is 49.5. The first-order valence-electron chi connectivity index (χ1n) is 8.73. The molecule has 1 unspecified atom stereocenters. The van der Waals surface area contributed by atoms with Crippen LogP contribution < -0.4 is 15.4 Å². The molecule has 9 nitrogen and oxygen atoms in total. The van der Waals surface area contributed by atoms with Gasteiger partial charge in [-0.05, 0) is 31.7 Å². The second-order valence-electron chi connectivity index (χ2n) is 6.22. The van der Waals surface area contributed by atoms with Crippen molar-refractivity contribution in [3.63, 3.8) is 0 Å². The number of imide groups is 2. The Kier molecular flexibility index (Phi) is 5.82. The number of nitrogens with one attached hydrogen (secondary N) is 2. The summed E-state index contributed by atoms with van der Waals surface area (Å²) in [7, 11) is 1.83. The topological polar surface area (TPSA) is 114 Å². The number of carbonyl (C=O) groups is 4. The zero-order chi connectivity index (χ0) is 19.4. The summed E-state index contributed by atoms with van der Waals surface area (Å²) < 4.78 is 10.9. The highest BCUT2D eigenvalue weighted by molar-refractivity contribution is 6.23. The fourth-order valence-corrected chi connectivity index (χ4v) is 3.03. The molecule has 144 valence electrons. The van der Waals surface area contributed by atoms with Crippen LogP contribution in [0.25, 0.3) is 0 Å². The van der Waals surface area contributed by atoms with Gasteiger partial charge in [0.15, 0.2) is 0 Å². The molecule has 4 amide bonds. The molecule has 9 heteroatoms. The molecule has 0 aromatic heterocycles. The van der Waals surface area contributed by atoms with Crippen LogP contribution in [0.15, 0.2) is 18.2 Å². The van der Waals surface area contributed by atoms with Gasteiger partial charge in [0, 0.05) is 13.0 Å². The predicted octanol–water partition coefficient (Wildman–Crippen LogP) is -0.297. The Balaban J connectivity index is 1.66. The monoisotopic (exact) mass is 375 g/mol. The average Bonchev–Trinajstić information content (AvgIpc) is 2.89. The summed E-state index contributed by atoms with van der Waals surface area (Å²) in [5.41, 5.74) is 0.417. The van der Waals surface area contributed by atoms with Gasteiger partial charge in [0.2, 0.25) is 11.8 Å². The van der Waals surface area contributed by atoms with E-state index in [1.807, 2.05) is 7.05 Å². The Morgan fingerprint density at radius 1 is 1.11 bits per heavy atom. The van der Waals surface area contributed by atoms with Crippen LogP contribution in [0, 0.1) is 0 Å². The van der Waals surface area contributed by atoms with E-state index in [2.05, 4.69) is 10.6 Å². The van der Waals surface area contributed by atoms with E-state index in [-0.39, 0.29) is 24.0 Å². The summed E-state index contributed by atoms with van der Waals surface area (Å²) in [6, 6.07) is 3.64. The van der Waals surface area contributed by atoms with Gasteiger partial charge in [-0.1, -0.05) is 0 Å². The van der Waals surface area contributed by atoms with Gasteiger partial charge < -0.3 is 14.8 Å². The summed E-state index contributed by atoms with van der Waals surface area (Å²) in [5.74, 6) is -1.68. The number of nitrogens with zero attached hydrogens (tertiary/aromatic N) is 1. The SMILES string of the molecule is CNCCOCCOc1ccc2c(c1)C(=O)N(C1CCC(=O)NC1=O)C2=O. The fourth-order valence-electron chi connectivity index (χ4n) is 3.03. The van der Waals surface area contributed by atoms with E-state index < -0.39 is 29.7 Å². The number of carbonyl (C=O) groups excluding carboxylic acids is 4. The van der Waals surface area contributed by atoms with Crippen molar-refractivity contribution in [1.29, 1.82) is 0 Å². The number of ether oxygens (including phenoxy) is 2. The predicted molar refractivity (Wildman–Crippen MR) is 93.4 cm³/mol. The van der Waals surface area contributed by atoms with Crippen LogP contribution in [-0.2, 0) is 14.3 Å². The molecule has 1 aromatic rings. The van der Waals surface area contributed by atoms with E-state index in [0.29, 0.717) is 25.6 Å². The number of fused-ring (bicyclic) bond motifs is 1. The van der Waals surface area contributed by atoms with Crippen molar-refractivity contribution in [3.05, 3.63) is 29.3 Å². The molecule has 0 saturated carbocycles. The summed E-state index contributed by atoms with van der Waals surface area (Å²) in [6.07, 6.45) is 0.217. The Morgan fingerprint density at radius 3 is 2.63 bits per heavy atom. The molecule has 1 saturated heterocycles. The maximum atomic E-state index is 12.7. The Labute approximate surface area is 156 Å². The standard InChI is InChI=1S/C18H21N3O6/c1-19-6-7-26-8-9-27-11-2-3-12-13(10-11)18(25)21(17(12)24)14-4-5-15(22)20-16(14)23/h2-3,10,14,19H,4-9H2,1H3,(H,20,22,23). The molecule has 0 spiro atoms. The van der Waals surface area contributed by atoms with Crippen molar-refractivity contribution in [3.8, 4) is 5.75 Å². The lowest BCUT2D eigenvalue weighted by molar-refractivity contribution is -0.136. The molecule has 2 aliphatic heterocycles. The smallest absolute Gasteiger partial charge is 0.262 e. The highest BCUT2D eigenvalue weighted by atomic mass is 16.5. The molecular weight excluding hydrogens is 354 g/mol. The number of benzene rings is 1. The number of hydrogen-bond acceptors (Lipinski definition) is 7. The van der Waals surface area contributed by atoms with Crippen molar-refractivity contribution >= 4 is 23.6 Å². The van der Waals surface area contributed by atoms with Crippen molar-refractivity contribution in [2.75, 3.05) is 33.4 Å². The number of piperidine rings is 1. The molecule has 1 atom stereocenters. The van der Waals surface area contributed by atoms with Crippen LogP contribution in [-0.4, -0.2) is 68.0 Å². The third-order valence-corrected chi connectivity index (χ3v) is 4.40. The summed E-state index contributed by atoms with van der Waals surface area (Å²) >= 11 is 0. The molecule has 0 radical (unpaired) electrons. The van der Waals surface area contributed by atoms with Gasteiger partial charge in [0.25, 0.3) is 11.8 Å². The van der Waals surface area contributed by atoms with Crippen molar-refractivity contribution < 1.29 is 28.7 Å². The maximum Gasteiger partial charge on any atom is 0.262 e. The fraction of sp³-hybridized carbons (Fsp3) is 0.444. The van der Waals surface area contributed by atoms with Gasteiger partial charge in [-0.25, -0.2) is 0 Å². The third kappa shape index (κ3) is 3.99. The molecule has 2 N–H and O–H groups in total. The van der Waals surface area contributed by atoms with Crippen molar-refractivity contribution in [2.45, 2.75) is 18.9 Å². The molecule has 0 aliphatic carbocycles. The van der Waals surface area contributed by atoms with Gasteiger partial charge in [0.1, 0.15) is 18.4 Å². The van der Waals surface area contributed by atoms with E-state index in [9.17, 15) is 19.2 Å². The Morgan fingerprint density at radius 2 is 1.89 bits per heavy atom. The summed E-state index contributed by atoms with van der Waals surface area (Å²) in [6.45, 7) is 2.01. The second-order valence-corrected chi connectivity index (χ2v) is 6.22. The van der Waals surface area contributed by atoms with E-state index in [4.69, 9.17) is 9.47 Å². The van der Waals surface area contributed by atoms with Crippen LogP contribution in [0.5, 0.6) is 5.75 Å². The van der Waals surface area contributed by atoms with Crippen molar-refractivity contribution in [1.82, 2.24) is 15.5 Å². The maximum absolute atomic E-state index is 12.7. The minimum absolute atomic E-state index is 0.0890. The number of amides is 4. The largest absolute Gasteiger partial charge is 0.491 e. The zero-order valence-electron chi connectivity index (χ0n) is 14.9. The average molecular weight is 375 g/mol. The number of rotatable bonds is 8. The molecule has 1 fully saturated rings. The molecule has 1 aromatic carbocycles. The van der Waals surface area contributed by atoms with Gasteiger partial charge in [-0.2, -0.15) is 0 Å². The highest BCUT2D eigenvalue weighted by Crippen LogP contribution is 2.30. The Hall–Kier alpha value is -2.78. The number of hydrogen-bond donors (Lipinski definition) is 2. The molecular formula is C18H21N3O6. The van der Waals surface area contributed by atoms with E-state index >= 15 is 0 Å². The third-order valence-electron chi connectivity index (χ3n) is 4.40. The van der Waals surface area contributed by atoms with Crippen LogP contribution in [0.1, 0.15) is 33.6 Å². The van der Waals surface area contributed by atoms with Crippen LogP contribution >= 0.6 is 0 Å². The van der Waals surface area contributed by atoms with Crippen molar-refractivity contribution in [2.24, 2.45) is 0 Å².